The molecule has 0 radical (unpaired) electrons. The molecule has 0 aliphatic carbocycles. The van der Waals surface area contributed by atoms with Gasteiger partial charge in [-0.05, 0) is 30.0 Å². The molecule has 0 atom stereocenters. The zero-order valence-corrected chi connectivity index (χ0v) is 13.5. The Bertz CT molecular complexity index is 786. The van der Waals surface area contributed by atoms with Gasteiger partial charge in [0.2, 0.25) is 0 Å². The molecule has 21 heavy (non-hydrogen) atoms. The van der Waals surface area contributed by atoms with Gasteiger partial charge in [0.1, 0.15) is 14.9 Å². The summed E-state index contributed by atoms with van der Waals surface area (Å²) in [6, 6.07) is 2.90. The SMILES string of the molecule is COC(=O)c1sccc1NS(=O)(=O)c1cnc(Cl)c(C)c1. The number of thiophene rings is 1. The summed E-state index contributed by atoms with van der Waals surface area (Å²) in [7, 11) is -2.63. The second-order valence-corrected chi connectivity index (χ2v) is 7.00. The summed E-state index contributed by atoms with van der Waals surface area (Å²) in [6.45, 7) is 1.65. The molecule has 2 aromatic rings. The second kappa shape index (κ2) is 6.00. The minimum absolute atomic E-state index is 0.0357. The van der Waals surface area contributed by atoms with E-state index in [0.717, 1.165) is 17.5 Å². The molecule has 0 spiro atoms. The van der Waals surface area contributed by atoms with Crippen LogP contribution in [0.1, 0.15) is 15.2 Å². The highest BCUT2D eigenvalue weighted by atomic mass is 35.5. The zero-order valence-electron chi connectivity index (χ0n) is 11.1. The van der Waals surface area contributed by atoms with Crippen LogP contribution < -0.4 is 4.72 Å². The number of ether oxygens (including phenoxy) is 1. The number of hydrogen-bond donors (Lipinski definition) is 1. The molecular weight excluding hydrogens is 336 g/mol. The first-order valence-corrected chi connectivity index (χ1v) is 8.40. The normalized spacial score (nSPS) is 11.2. The summed E-state index contributed by atoms with van der Waals surface area (Å²) in [6.07, 6.45) is 1.15. The largest absolute Gasteiger partial charge is 0.465 e. The van der Waals surface area contributed by atoms with Gasteiger partial charge >= 0.3 is 5.97 Å². The summed E-state index contributed by atoms with van der Waals surface area (Å²) in [5, 5.41) is 1.83. The number of nitrogens with zero attached hydrogens (tertiary/aromatic N) is 1. The van der Waals surface area contributed by atoms with Gasteiger partial charge in [-0.25, -0.2) is 18.2 Å². The van der Waals surface area contributed by atoms with Gasteiger partial charge < -0.3 is 4.74 Å². The van der Waals surface area contributed by atoms with Crippen LogP contribution in [0.4, 0.5) is 5.69 Å². The van der Waals surface area contributed by atoms with E-state index in [4.69, 9.17) is 11.6 Å². The molecule has 2 heterocycles. The van der Waals surface area contributed by atoms with Crippen LogP contribution in [-0.2, 0) is 14.8 Å². The molecule has 0 aliphatic heterocycles. The van der Waals surface area contributed by atoms with Gasteiger partial charge in [-0.3, -0.25) is 4.72 Å². The molecule has 6 nitrogen and oxygen atoms in total. The highest BCUT2D eigenvalue weighted by Crippen LogP contribution is 2.26. The fourth-order valence-electron chi connectivity index (χ4n) is 1.52. The molecule has 2 rings (SSSR count). The monoisotopic (exact) mass is 346 g/mol. The van der Waals surface area contributed by atoms with E-state index in [-0.39, 0.29) is 20.6 Å². The van der Waals surface area contributed by atoms with E-state index in [2.05, 4.69) is 14.4 Å². The predicted octanol–water partition coefficient (Wildman–Crippen LogP) is 2.69. The van der Waals surface area contributed by atoms with E-state index >= 15 is 0 Å². The number of hydrogen-bond acceptors (Lipinski definition) is 6. The number of carbonyl (C=O) groups is 1. The van der Waals surface area contributed by atoms with Crippen LogP contribution in [0.3, 0.4) is 0 Å². The lowest BCUT2D eigenvalue weighted by Crippen LogP contribution is -2.15. The van der Waals surface area contributed by atoms with Crippen molar-refractivity contribution >= 4 is 44.6 Å². The Morgan fingerprint density at radius 3 is 2.81 bits per heavy atom. The van der Waals surface area contributed by atoms with Crippen molar-refractivity contribution in [2.75, 3.05) is 11.8 Å². The lowest BCUT2D eigenvalue weighted by molar-refractivity contribution is 0.0607. The maximum Gasteiger partial charge on any atom is 0.350 e. The van der Waals surface area contributed by atoms with E-state index in [1.807, 2.05) is 0 Å². The summed E-state index contributed by atoms with van der Waals surface area (Å²) in [5.41, 5.74) is 0.706. The molecule has 9 heteroatoms. The van der Waals surface area contributed by atoms with Gasteiger partial charge in [-0.2, -0.15) is 0 Å². The minimum Gasteiger partial charge on any atom is -0.465 e. The fourth-order valence-corrected chi connectivity index (χ4v) is 3.56. The predicted molar refractivity (Wildman–Crippen MR) is 80.5 cm³/mol. The first-order chi connectivity index (χ1) is 9.85. The summed E-state index contributed by atoms with van der Waals surface area (Å²) in [5.74, 6) is -0.604. The van der Waals surface area contributed by atoms with Gasteiger partial charge in [-0.15, -0.1) is 11.3 Å². The van der Waals surface area contributed by atoms with E-state index < -0.39 is 16.0 Å². The van der Waals surface area contributed by atoms with Crippen molar-refractivity contribution in [1.82, 2.24) is 4.98 Å². The van der Waals surface area contributed by atoms with Gasteiger partial charge in [0.15, 0.2) is 0 Å². The molecule has 2 aromatic heterocycles. The van der Waals surface area contributed by atoms with E-state index in [1.54, 1.807) is 12.3 Å². The number of nitrogens with one attached hydrogen (secondary N) is 1. The second-order valence-electron chi connectivity index (χ2n) is 4.04. The average Bonchev–Trinajstić information content (AvgIpc) is 2.88. The maximum absolute atomic E-state index is 12.3. The number of aryl methyl sites for hydroxylation is 1. The summed E-state index contributed by atoms with van der Waals surface area (Å²) < 4.78 is 31.5. The Hall–Kier alpha value is -1.64. The highest BCUT2D eigenvalue weighted by Gasteiger charge is 2.21. The quantitative estimate of drug-likeness (QED) is 0.679. The summed E-state index contributed by atoms with van der Waals surface area (Å²) >= 11 is 6.86. The number of anilines is 1. The molecule has 0 unspecified atom stereocenters. The van der Waals surface area contributed by atoms with Crippen molar-refractivity contribution in [3.63, 3.8) is 0 Å². The topological polar surface area (TPSA) is 85.4 Å². The van der Waals surface area contributed by atoms with Crippen LogP contribution in [0.2, 0.25) is 5.15 Å². The molecule has 1 N–H and O–H groups in total. The number of methoxy groups -OCH3 is 1. The lowest BCUT2D eigenvalue weighted by atomic mass is 10.3. The molecule has 0 aliphatic rings. The van der Waals surface area contributed by atoms with Gasteiger partial charge in [-0.1, -0.05) is 11.6 Å². The Balaban J connectivity index is 2.36. The molecule has 0 aromatic carbocycles. The van der Waals surface area contributed by atoms with E-state index in [1.165, 1.54) is 19.2 Å². The molecular formula is C12H11ClN2O4S2. The van der Waals surface area contributed by atoms with Crippen LogP contribution in [0, 0.1) is 6.92 Å². The van der Waals surface area contributed by atoms with Crippen molar-refractivity contribution in [3.8, 4) is 0 Å². The van der Waals surface area contributed by atoms with E-state index in [9.17, 15) is 13.2 Å². The Morgan fingerprint density at radius 2 is 2.19 bits per heavy atom. The van der Waals surface area contributed by atoms with Crippen molar-refractivity contribution in [1.29, 1.82) is 0 Å². The lowest BCUT2D eigenvalue weighted by Gasteiger charge is -2.09. The summed E-state index contributed by atoms with van der Waals surface area (Å²) in [4.78, 5) is 15.5. The zero-order chi connectivity index (χ0) is 15.6. The third kappa shape index (κ3) is 3.34. The minimum atomic E-state index is -3.86. The fraction of sp³-hybridized carbons (Fsp3) is 0.167. The van der Waals surface area contributed by atoms with Crippen LogP contribution in [-0.4, -0.2) is 26.5 Å². The van der Waals surface area contributed by atoms with Crippen LogP contribution in [0.15, 0.2) is 28.6 Å². The smallest absolute Gasteiger partial charge is 0.350 e. The third-order valence-corrected chi connectivity index (χ3v) is 5.20. The first-order valence-electron chi connectivity index (χ1n) is 5.66. The first kappa shape index (κ1) is 15.7. The van der Waals surface area contributed by atoms with Crippen LogP contribution in [0.5, 0.6) is 0 Å². The number of esters is 1. The molecule has 0 amide bonds. The van der Waals surface area contributed by atoms with Crippen molar-refractivity contribution in [2.24, 2.45) is 0 Å². The van der Waals surface area contributed by atoms with Gasteiger partial charge in [0.05, 0.1) is 12.8 Å². The molecule has 0 saturated heterocycles. The molecule has 0 bridgehead atoms. The highest BCUT2D eigenvalue weighted by molar-refractivity contribution is 7.92. The van der Waals surface area contributed by atoms with E-state index in [0.29, 0.717) is 5.56 Å². The number of pyridine rings is 1. The Kier molecular flexibility index (Phi) is 4.50. The molecule has 0 fully saturated rings. The number of carbonyl (C=O) groups excluding carboxylic acids is 1. The van der Waals surface area contributed by atoms with Crippen LogP contribution >= 0.6 is 22.9 Å². The number of sulfonamides is 1. The van der Waals surface area contributed by atoms with Crippen molar-refractivity contribution in [3.05, 3.63) is 39.3 Å². The van der Waals surface area contributed by atoms with Crippen molar-refractivity contribution in [2.45, 2.75) is 11.8 Å². The molecule has 112 valence electrons. The third-order valence-electron chi connectivity index (χ3n) is 2.58. The van der Waals surface area contributed by atoms with Crippen molar-refractivity contribution < 1.29 is 17.9 Å². The average molecular weight is 347 g/mol. The van der Waals surface area contributed by atoms with Crippen LogP contribution in [0.25, 0.3) is 0 Å². The number of aromatic nitrogens is 1. The van der Waals surface area contributed by atoms with Gasteiger partial charge in [0.25, 0.3) is 10.0 Å². The Labute approximate surface area is 130 Å². The number of halogens is 1. The standard InChI is InChI=1S/C12H11ClN2O4S2/c1-7-5-8(6-14-11(7)13)21(17,18)15-9-3-4-20-10(9)12(16)19-2/h3-6,15H,1-2H3. The molecule has 0 saturated carbocycles. The van der Waals surface area contributed by atoms with Gasteiger partial charge in [0, 0.05) is 6.20 Å². The number of rotatable bonds is 4. The Morgan fingerprint density at radius 1 is 1.48 bits per heavy atom. The maximum atomic E-state index is 12.3.